The Morgan fingerprint density at radius 2 is 1.63 bits per heavy atom. The van der Waals surface area contributed by atoms with Crippen LogP contribution in [-0.2, 0) is 10.0 Å². The molecule has 1 atom stereocenters. The number of benzene rings is 3. The van der Waals surface area contributed by atoms with Crippen LogP contribution in [0, 0.1) is 6.92 Å². The van der Waals surface area contributed by atoms with Gasteiger partial charge in [0.25, 0.3) is 0 Å². The maximum atomic E-state index is 13.2. The molecule has 4 nitrogen and oxygen atoms in total. The SMILES string of the molecule is COc1ccc(Cl)cc1S(=O)(=O)N[C@@H](c1ccccc1)c1ccccc1C. The number of rotatable bonds is 6. The van der Waals surface area contributed by atoms with Crippen molar-refractivity contribution >= 4 is 21.6 Å². The second kappa shape index (κ2) is 8.13. The third kappa shape index (κ3) is 4.33. The van der Waals surface area contributed by atoms with E-state index in [1.165, 1.54) is 13.2 Å². The van der Waals surface area contributed by atoms with Crippen molar-refractivity contribution in [3.8, 4) is 5.75 Å². The lowest BCUT2D eigenvalue weighted by Gasteiger charge is -2.22. The monoisotopic (exact) mass is 401 g/mol. The van der Waals surface area contributed by atoms with Crippen molar-refractivity contribution in [3.05, 3.63) is 94.5 Å². The van der Waals surface area contributed by atoms with Gasteiger partial charge in [-0.2, -0.15) is 4.72 Å². The van der Waals surface area contributed by atoms with E-state index in [9.17, 15) is 8.42 Å². The molecule has 0 unspecified atom stereocenters. The number of ether oxygens (including phenoxy) is 1. The molecule has 0 saturated carbocycles. The first kappa shape index (κ1) is 19.4. The fraction of sp³-hybridized carbons (Fsp3) is 0.143. The molecule has 0 radical (unpaired) electrons. The van der Waals surface area contributed by atoms with Crippen molar-refractivity contribution in [2.45, 2.75) is 17.9 Å². The summed E-state index contributed by atoms with van der Waals surface area (Å²) in [7, 11) is -2.47. The highest BCUT2D eigenvalue weighted by Crippen LogP contribution is 2.31. The molecule has 6 heteroatoms. The fourth-order valence-corrected chi connectivity index (χ4v) is 4.58. The van der Waals surface area contributed by atoms with Crippen LogP contribution < -0.4 is 9.46 Å². The minimum absolute atomic E-state index is 0.00650. The van der Waals surface area contributed by atoms with Crippen molar-refractivity contribution in [2.24, 2.45) is 0 Å². The van der Waals surface area contributed by atoms with Gasteiger partial charge in [-0.1, -0.05) is 66.2 Å². The van der Waals surface area contributed by atoms with Gasteiger partial charge in [-0.25, -0.2) is 8.42 Å². The minimum Gasteiger partial charge on any atom is -0.495 e. The van der Waals surface area contributed by atoms with E-state index in [0.29, 0.717) is 5.02 Å². The summed E-state index contributed by atoms with van der Waals surface area (Å²) in [6.45, 7) is 1.96. The summed E-state index contributed by atoms with van der Waals surface area (Å²) >= 11 is 6.03. The zero-order valence-electron chi connectivity index (χ0n) is 15.0. The summed E-state index contributed by atoms with van der Waals surface area (Å²) < 4.78 is 34.4. The van der Waals surface area contributed by atoms with Gasteiger partial charge in [0.1, 0.15) is 10.6 Å². The molecule has 1 N–H and O–H groups in total. The molecule has 0 heterocycles. The lowest BCUT2D eigenvalue weighted by atomic mass is 9.96. The Kier molecular flexibility index (Phi) is 5.85. The second-order valence-corrected chi connectivity index (χ2v) is 8.24. The van der Waals surface area contributed by atoms with Gasteiger partial charge in [-0.15, -0.1) is 0 Å². The molecule has 0 amide bonds. The third-order valence-electron chi connectivity index (χ3n) is 4.32. The zero-order chi connectivity index (χ0) is 19.4. The van der Waals surface area contributed by atoms with Crippen molar-refractivity contribution in [1.29, 1.82) is 0 Å². The molecule has 0 fully saturated rings. The zero-order valence-corrected chi connectivity index (χ0v) is 16.6. The van der Waals surface area contributed by atoms with Crippen LogP contribution in [0.1, 0.15) is 22.7 Å². The average Bonchev–Trinajstić information content (AvgIpc) is 2.67. The van der Waals surface area contributed by atoms with Gasteiger partial charge < -0.3 is 4.74 Å². The van der Waals surface area contributed by atoms with Gasteiger partial charge in [0.05, 0.1) is 13.2 Å². The minimum atomic E-state index is -3.90. The number of sulfonamides is 1. The van der Waals surface area contributed by atoms with Crippen LogP contribution in [0.4, 0.5) is 0 Å². The molecule has 0 spiro atoms. The molecule has 0 bridgehead atoms. The number of aryl methyl sites for hydroxylation is 1. The summed E-state index contributed by atoms with van der Waals surface area (Å²) in [6.07, 6.45) is 0. The van der Waals surface area contributed by atoms with Crippen LogP contribution in [0.2, 0.25) is 5.02 Å². The molecule has 3 aromatic carbocycles. The highest BCUT2D eigenvalue weighted by Gasteiger charge is 2.26. The van der Waals surface area contributed by atoms with E-state index >= 15 is 0 Å². The molecule has 3 rings (SSSR count). The van der Waals surface area contributed by atoms with Crippen molar-refractivity contribution in [1.82, 2.24) is 4.72 Å². The topological polar surface area (TPSA) is 55.4 Å². The Morgan fingerprint density at radius 3 is 2.30 bits per heavy atom. The van der Waals surface area contributed by atoms with Gasteiger partial charge >= 0.3 is 0 Å². The predicted octanol–water partition coefficient (Wildman–Crippen LogP) is 4.72. The van der Waals surface area contributed by atoms with Crippen molar-refractivity contribution in [2.75, 3.05) is 7.11 Å². The normalized spacial score (nSPS) is 12.6. The number of nitrogens with one attached hydrogen (secondary N) is 1. The molecule has 27 heavy (non-hydrogen) atoms. The summed E-state index contributed by atoms with van der Waals surface area (Å²) in [4.78, 5) is 0.00650. The van der Waals surface area contributed by atoms with Gasteiger partial charge in [0, 0.05) is 5.02 Å². The highest BCUT2D eigenvalue weighted by molar-refractivity contribution is 7.89. The van der Waals surface area contributed by atoms with E-state index < -0.39 is 16.1 Å². The maximum Gasteiger partial charge on any atom is 0.245 e. The predicted molar refractivity (Wildman–Crippen MR) is 108 cm³/mol. The largest absolute Gasteiger partial charge is 0.495 e. The number of hydrogen-bond donors (Lipinski definition) is 1. The molecule has 140 valence electrons. The lowest BCUT2D eigenvalue weighted by molar-refractivity contribution is 0.402. The molecule has 0 aliphatic rings. The Morgan fingerprint density at radius 1 is 0.963 bits per heavy atom. The van der Waals surface area contributed by atoms with Crippen molar-refractivity contribution < 1.29 is 13.2 Å². The first-order valence-corrected chi connectivity index (χ1v) is 10.2. The van der Waals surface area contributed by atoms with Crippen LogP contribution >= 0.6 is 11.6 Å². The Labute approximate surface area is 164 Å². The van der Waals surface area contributed by atoms with E-state index in [0.717, 1.165) is 16.7 Å². The van der Waals surface area contributed by atoms with Crippen LogP contribution in [0.5, 0.6) is 5.75 Å². The van der Waals surface area contributed by atoms with E-state index in [1.807, 2.05) is 61.5 Å². The van der Waals surface area contributed by atoms with Crippen LogP contribution in [0.25, 0.3) is 0 Å². The summed E-state index contributed by atoms with van der Waals surface area (Å²) in [5, 5.41) is 0.323. The smallest absolute Gasteiger partial charge is 0.245 e. The molecular formula is C21H20ClNO3S. The van der Waals surface area contributed by atoms with E-state index in [-0.39, 0.29) is 10.6 Å². The van der Waals surface area contributed by atoms with E-state index in [4.69, 9.17) is 16.3 Å². The first-order valence-electron chi connectivity index (χ1n) is 8.39. The van der Waals surface area contributed by atoms with Crippen molar-refractivity contribution in [3.63, 3.8) is 0 Å². The summed E-state index contributed by atoms with van der Waals surface area (Å²) in [5.74, 6) is 0.239. The summed E-state index contributed by atoms with van der Waals surface area (Å²) in [5.41, 5.74) is 2.72. The average molecular weight is 402 g/mol. The maximum absolute atomic E-state index is 13.2. The number of halogens is 1. The molecule has 0 aromatic heterocycles. The van der Waals surface area contributed by atoms with E-state index in [1.54, 1.807) is 12.1 Å². The summed E-state index contributed by atoms with van der Waals surface area (Å²) in [6, 6.07) is 21.1. The fourth-order valence-electron chi connectivity index (χ4n) is 2.95. The molecule has 3 aromatic rings. The second-order valence-electron chi connectivity index (χ2n) is 6.12. The molecule has 0 saturated heterocycles. The third-order valence-corrected chi connectivity index (χ3v) is 6.00. The van der Waals surface area contributed by atoms with Gasteiger partial charge in [-0.05, 0) is 41.8 Å². The van der Waals surface area contributed by atoms with Crippen LogP contribution in [0.3, 0.4) is 0 Å². The van der Waals surface area contributed by atoms with Gasteiger partial charge in [0.15, 0.2) is 0 Å². The lowest BCUT2D eigenvalue weighted by Crippen LogP contribution is -2.30. The van der Waals surface area contributed by atoms with Gasteiger partial charge in [-0.3, -0.25) is 0 Å². The Hall–Kier alpha value is -2.34. The quantitative estimate of drug-likeness (QED) is 0.649. The van der Waals surface area contributed by atoms with E-state index in [2.05, 4.69) is 4.72 Å². The molecule has 0 aliphatic heterocycles. The standard InChI is InChI=1S/C21H20ClNO3S/c1-15-8-6-7-11-18(15)21(16-9-4-3-5-10-16)23-27(24,25)20-14-17(22)12-13-19(20)26-2/h3-14,21,23H,1-2H3/t21-/m0/s1. The first-order chi connectivity index (χ1) is 12.9. The van der Waals surface area contributed by atoms with Crippen LogP contribution in [0.15, 0.2) is 77.7 Å². The molecular weight excluding hydrogens is 382 g/mol. The van der Waals surface area contributed by atoms with Gasteiger partial charge in [0.2, 0.25) is 10.0 Å². The van der Waals surface area contributed by atoms with Crippen LogP contribution in [-0.4, -0.2) is 15.5 Å². The Bertz CT molecular complexity index is 1040. The number of hydrogen-bond acceptors (Lipinski definition) is 3. The number of methoxy groups -OCH3 is 1. The molecule has 0 aliphatic carbocycles. The highest BCUT2D eigenvalue weighted by atomic mass is 35.5. The Balaban J connectivity index is 2.10.